The van der Waals surface area contributed by atoms with Gasteiger partial charge in [-0.05, 0) is 42.5 Å². The molecule has 0 fully saturated rings. The van der Waals surface area contributed by atoms with Crippen LogP contribution >= 0.6 is 28.1 Å². The maximum Gasteiger partial charge on any atom is 0.347 e. The Bertz CT molecular complexity index is 1360. The Morgan fingerprint density at radius 1 is 1.10 bits per heavy atom. The molecule has 4 rings (SSSR count). The summed E-state index contributed by atoms with van der Waals surface area (Å²) >= 11 is 8.89. The van der Waals surface area contributed by atoms with Crippen molar-refractivity contribution in [1.82, 2.24) is 4.57 Å². The number of rotatable bonds is 5. The third kappa shape index (κ3) is 4.05. The molecule has 2 aromatic heterocycles. The predicted octanol–water partition coefficient (Wildman–Crippen LogP) is 5.38. The molecule has 1 N–H and O–H groups in total. The molecule has 0 spiro atoms. The Morgan fingerprint density at radius 2 is 1.87 bits per heavy atom. The van der Waals surface area contributed by atoms with Crippen molar-refractivity contribution in [3.63, 3.8) is 0 Å². The Hall–Kier alpha value is -2.87. The summed E-state index contributed by atoms with van der Waals surface area (Å²) in [7, 11) is 0. The third-order valence-corrected chi connectivity index (χ3v) is 5.67. The monoisotopic (exact) mass is 481 g/mol. The quantitative estimate of drug-likeness (QED) is 0.235. The summed E-state index contributed by atoms with van der Waals surface area (Å²) in [5.74, 6) is -0.511. The highest BCUT2D eigenvalue weighted by Crippen LogP contribution is 2.24. The van der Waals surface area contributed by atoms with Gasteiger partial charge in [-0.2, -0.15) is 0 Å². The minimum absolute atomic E-state index is 0.0996. The van der Waals surface area contributed by atoms with E-state index < -0.39 is 17.5 Å². The van der Waals surface area contributed by atoms with Crippen LogP contribution in [0.3, 0.4) is 0 Å². The van der Waals surface area contributed by atoms with Crippen molar-refractivity contribution in [3.8, 4) is 5.69 Å². The molecule has 0 aliphatic rings. The van der Waals surface area contributed by atoms with Gasteiger partial charge in [-0.1, -0.05) is 52.4 Å². The zero-order chi connectivity index (χ0) is 21.3. The van der Waals surface area contributed by atoms with Crippen LogP contribution in [0.2, 0.25) is 0 Å². The van der Waals surface area contributed by atoms with Gasteiger partial charge in [0.2, 0.25) is 0 Å². The van der Waals surface area contributed by atoms with E-state index in [0.717, 1.165) is 10.2 Å². The number of hydrogen-bond acceptors (Lipinski definition) is 5. The molecule has 4 aromatic rings. The summed E-state index contributed by atoms with van der Waals surface area (Å²) in [5, 5.41) is 11.3. The lowest BCUT2D eigenvalue weighted by Crippen LogP contribution is -2.17. The van der Waals surface area contributed by atoms with Crippen LogP contribution in [-0.2, 0) is 0 Å². The lowest BCUT2D eigenvalue weighted by molar-refractivity contribution is 0.0875. The summed E-state index contributed by atoms with van der Waals surface area (Å²) < 4.78 is 8.22. The highest BCUT2D eigenvalue weighted by Gasteiger charge is 2.20. The molecule has 0 saturated carbocycles. The minimum Gasteiger partial charge on any atom is -0.422 e. The first kappa shape index (κ1) is 20.4. The molecule has 0 radical (unpaired) electrons. The maximum atomic E-state index is 12.8. The molecule has 30 heavy (non-hydrogen) atoms. The van der Waals surface area contributed by atoms with Gasteiger partial charge in [0.15, 0.2) is 5.78 Å². The number of Topliss-reactive ketones (excluding diaryl/α,β-unsaturated/α-hetero) is 1. The van der Waals surface area contributed by atoms with Gasteiger partial charge >= 0.3 is 5.63 Å². The lowest BCUT2D eigenvalue weighted by atomic mass is 10.0. The number of nitrogens with zero attached hydrogens (tertiary/aromatic N) is 1. The fourth-order valence-corrected chi connectivity index (χ4v) is 3.99. The number of hydrogen-bond donors (Lipinski definition) is 1. The van der Waals surface area contributed by atoms with E-state index >= 15 is 0 Å². The van der Waals surface area contributed by atoms with Crippen molar-refractivity contribution in [2.24, 2.45) is 0 Å². The Kier molecular flexibility index (Phi) is 5.76. The number of aliphatic hydroxyl groups excluding tert-OH is 1. The van der Waals surface area contributed by atoms with Gasteiger partial charge in [-0.3, -0.25) is 4.79 Å². The van der Waals surface area contributed by atoms with Crippen LogP contribution in [0.5, 0.6) is 0 Å². The van der Waals surface area contributed by atoms with E-state index in [9.17, 15) is 14.7 Å². The van der Waals surface area contributed by atoms with E-state index in [1.165, 1.54) is 6.07 Å². The molecule has 7 heteroatoms. The van der Waals surface area contributed by atoms with Crippen molar-refractivity contribution in [3.05, 3.63) is 104 Å². The number of para-hydroxylation sites is 1. The third-order valence-electron chi connectivity index (χ3n) is 4.74. The Labute approximate surface area is 185 Å². The summed E-state index contributed by atoms with van der Waals surface area (Å²) in [4.78, 5) is 25.0. The average Bonchev–Trinajstić information content (AvgIpc) is 2.74. The number of pyridine rings is 1. The van der Waals surface area contributed by atoms with Gasteiger partial charge in [0.05, 0.1) is 6.10 Å². The molecular weight excluding hydrogens is 466 g/mol. The van der Waals surface area contributed by atoms with Gasteiger partial charge in [0, 0.05) is 33.7 Å². The second kappa shape index (κ2) is 8.47. The molecule has 2 aromatic carbocycles. The molecule has 5 nitrogen and oxygen atoms in total. The number of ketones is 1. The number of halogens is 1. The first-order chi connectivity index (χ1) is 14.4. The molecule has 0 unspecified atom stereocenters. The molecule has 1 atom stereocenters. The van der Waals surface area contributed by atoms with E-state index in [4.69, 9.17) is 16.6 Å². The van der Waals surface area contributed by atoms with Crippen LogP contribution in [0.25, 0.3) is 16.7 Å². The normalized spacial score (nSPS) is 12.1. The number of carbonyl (C=O) groups excluding carboxylic acids is 1. The van der Waals surface area contributed by atoms with Crippen molar-refractivity contribution in [2.75, 3.05) is 0 Å². The minimum atomic E-state index is -1.15. The summed E-state index contributed by atoms with van der Waals surface area (Å²) in [6.07, 6.45) is 0.358. The molecule has 0 bridgehead atoms. The molecule has 2 heterocycles. The highest BCUT2D eigenvalue weighted by molar-refractivity contribution is 9.10. The zero-order valence-corrected chi connectivity index (χ0v) is 18.0. The van der Waals surface area contributed by atoms with Gasteiger partial charge in [0.25, 0.3) is 0 Å². The first-order valence-corrected chi connectivity index (χ1v) is 10.4. The second-order valence-electron chi connectivity index (χ2n) is 6.75. The Balaban J connectivity index is 1.65. The first-order valence-electron chi connectivity index (χ1n) is 9.16. The molecule has 0 aliphatic heterocycles. The fraction of sp³-hybridized carbons (Fsp3) is 0.0870. The van der Waals surface area contributed by atoms with Crippen molar-refractivity contribution in [1.29, 1.82) is 0 Å². The van der Waals surface area contributed by atoms with Crippen molar-refractivity contribution < 1.29 is 14.3 Å². The summed E-state index contributed by atoms with van der Waals surface area (Å²) in [6, 6.07) is 19.6. The number of benzene rings is 2. The molecule has 0 saturated heterocycles. The SMILES string of the molecule is O=C(C[C@H](O)c1cccn(-c2ccccc2)c1=S)c1cc2cc(Br)ccc2oc1=O. The van der Waals surface area contributed by atoms with E-state index in [1.54, 1.807) is 41.1 Å². The number of carbonyl (C=O) groups is 1. The van der Waals surface area contributed by atoms with Crippen molar-refractivity contribution in [2.45, 2.75) is 12.5 Å². The summed E-state index contributed by atoms with van der Waals surface area (Å²) in [5.41, 5.74) is 0.854. The largest absolute Gasteiger partial charge is 0.422 e. The average molecular weight is 482 g/mol. The number of aliphatic hydroxyl groups is 1. The van der Waals surface area contributed by atoms with Gasteiger partial charge in [-0.25, -0.2) is 4.79 Å². The van der Waals surface area contributed by atoms with Crippen LogP contribution in [-0.4, -0.2) is 15.5 Å². The standard InChI is InChI=1S/C23H16BrNO4S/c24-15-8-9-21-14(11-15)12-18(23(28)29-21)20(27)13-19(26)17-7-4-10-25(22(17)30)16-5-2-1-3-6-16/h1-12,19,26H,13H2/t19-/m0/s1. The van der Waals surface area contributed by atoms with Gasteiger partial charge in [0.1, 0.15) is 15.8 Å². The topological polar surface area (TPSA) is 72.4 Å². The second-order valence-corrected chi connectivity index (χ2v) is 8.05. The molecule has 150 valence electrons. The van der Waals surface area contributed by atoms with Crippen LogP contribution in [0.15, 0.2) is 86.6 Å². The molecule has 0 aliphatic carbocycles. The highest BCUT2D eigenvalue weighted by atomic mass is 79.9. The van der Waals surface area contributed by atoms with Crippen LogP contribution in [0.1, 0.15) is 28.4 Å². The van der Waals surface area contributed by atoms with E-state index in [1.807, 2.05) is 30.3 Å². The fourth-order valence-electron chi connectivity index (χ4n) is 3.24. The van der Waals surface area contributed by atoms with Gasteiger partial charge in [-0.15, -0.1) is 0 Å². The van der Waals surface area contributed by atoms with E-state index in [0.29, 0.717) is 21.2 Å². The maximum absolute atomic E-state index is 12.8. The van der Waals surface area contributed by atoms with Crippen LogP contribution in [0, 0.1) is 4.64 Å². The Morgan fingerprint density at radius 3 is 2.63 bits per heavy atom. The lowest BCUT2D eigenvalue weighted by Gasteiger charge is -2.14. The molecular formula is C23H16BrNO4S. The number of fused-ring (bicyclic) bond motifs is 1. The van der Waals surface area contributed by atoms with Crippen LogP contribution < -0.4 is 5.63 Å². The predicted molar refractivity (Wildman–Crippen MR) is 121 cm³/mol. The van der Waals surface area contributed by atoms with Gasteiger partial charge < -0.3 is 14.1 Å². The number of aromatic nitrogens is 1. The van der Waals surface area contributed by atoms with Crippen LogP contribution in [0.4, 0.5) is 0 Å². The van der Waals surface area contributed by atoms with E-state index in [2.05, 4.69) is 15.9 Å². The smallest absolute Gasteiger partial charge is 0.347 e. The zero-order valence-electron chi connectivity index (χ0n) is 15.6. The van der Waals surface area contributed by atoms with E-state index in [-0.39, 0.29) is 12.0 Å². The van der Waals surface area contributed by atoms with Crippen molar-refractivity contribution >= 4 is 44.9 Å². The summed E-state index contributed by atoms with van der Waals surface area (Å²) in [6.45, 7) is 0. The molecule has 0 amide bonds.